The van der Waals surface area contributed by atoms with Crippen molar-refractivity contribution < 1.29 is 18.1 Å². The van der Waals surface area contributed by atoms with Crippen LogP contribution in [0.25, 0.3) is 0 Å². The lowest BCUT2D eigenvalue weighted by Crippen LogP contribution is -2.09. The predicted octanol–water partition coefficient (Wildman–Crippen LogP) is 5.35. The van der Waals surface area contributed by atoms with Gasteiger partial charge in [0.15, 0.2) is 23.2 Å². The lowest BCUT2D eigenvalue weighted by atomic mass is 9.98. The van der Waals surface area contributed by atoms with Crippen LogP contribution in [0.1, 0.15) is 46.0 Å². The highest BCUT2D eigenvalue weighted by Crippen LogP contribution is 2.42. The smallest absolute Gasteiger partial charge is 0.198 e. The zero-order valence-electron chi connectivity index (χ0n) is 13.7. The van der Waals surface area contributed by atoms with E-state index in [9.17, 15) is 13.6 Å². The summed E-state index contributed by atoms with van der Waals surface area (Å²) in [6.45, 7) is 0. The fourth-order valence-corrected chi connectivity index (χ4v) is 3.77. The molecule has 0 saturated heterocycles. The third-order valence-electron chi connectivity index (χ3n) is 4.36. The number of rotatable bonds is 6. The number of carbonyl (C=O) groups is 1. The molecule has 4 rings (SSSR count). The Morgan fingerprint density at radius 2 is 1.88 bits per heavy atom. The van der Waals surface area contributed by atoms with Gasteiger partial charge in [-0.15, -0.1) is 11.8 Å². The first-order valence-corrected chi connectivity index (χ1v) is 9.27. The van der Waals surface area contributed by atoms with Crippen molar-refractivity contribution in [3.8, 4) is 0 Å². The van der Waals surface area contributed by atoms with Crippen LogP contribution in [0.2, 0.25) is 0 Å². The van der Waals surface area contributed by atoms with E-state index < -0.39 is 11.6 Å². The Balaban J connectivity index is 1.68. The molecular formula is C20H15F2NO2S. The summed E-state index contributed by atoms with van der Waals surface area (Å²) in [5, 5.41) is 3.72. The second-order valence-corrected chi connectivity index (χ2v) is 7.25. The highest BCUT2D eigenvalue weighted by molar-refractivity contribution is 7.98. The van der Waals surface area contributed by atoms with Crippen LogP contribution < -0.4 is 0 Å². The van der Waals surface area contributed by atoms with Gasteiger partial charge in [0.25, 0.3) is 0 Å². The minimum Gasteiger partial charge on any atom is -0.360 e. The zero-order chi connectivity index (χ0) is 18.1. The van der Waals surface area contributed by atoms with Crippen molar-refractivity contribution in [3.05, 3.63) is 82.7 Å². The summed E-state index contributed by atoms with van der Waals surface area (Å²) in [4.78, 5) is 13.9. The lowest BCUT2D eigenvalue weighted by Gasteiger charge is -2.10. The van der Waals surface area contributed by atoms with Gasteiger partial charge in [0.2, 0.25) is 0 Å². The fourth-order valence-electron chi connectivity index (χ4n) is 2.82. The summed E-state index contributed by atoms with van der Waals surface area (Å²) in [6.07, 6.45) is 3.26. The molecule has 3 aromatic rings. The van der Waals surface area contributed by atoms with Gasteiger partial charge in [-0.25, -0.2) is 8.78 Å². The fraction of sp³-hybridized carbons (Fsp3) is 0.200. The van der Waals surface area contributed by atoms with Crippen molar-refractivity contribution in [3.63, 3.8) is 0 Å². The van der Waals surface area contributed by atoms with E-state index in [4.69, 9.17) is 4.52 Å². The van der Waals surface area contributed by atoms with Gasteiger partial charge in [-0.2, -0.15) is 0 Å². The van der Waals surface area contributed by atoms with Crippen LogP contribution in [0, 0.1) is 11.6 Å². The maximum Gasteiger partial charge on any atom is 0.198 e. The topological polar surface area (TPSA) is 43.1 Å². The molecule has 1 heterocycles. The molecule has 3 nitrogen and oxygen atoms in total. The van der Waals surface area contributed by atoms with Crippen molar-refractivity contribution in [2.24, 2.45) is 0 Å². The van der Waals surface area contributed by atoms with Crippen LogP contribution in [0.15, 0.2) is 58.1 Å². The van der Waals surface area contributed by atoms with Crippen LogP contribution in [0.5, 0.6) is 0 Å². The van der Waals surface area contributed by atoms with E-state index in [2.05, 4.69) is 5.16 Å². The van der Waals surface area contributed by atoms with Gasteiger partial charge in [0, 0.05) is 27.7 Å². The molecule has 0 N–H and O–H groups in total. The lowest BCUT2D eigenvalue weighted by molar-refractivity contribution is 0.103. The van der Waals surface area contributed by atoms with E-state index in [1.54, 1.807) is 0 Å². The number of hydrogen-bond donors (Lipinski definition) is 0. The van der Waals surface area contributed by atoms with Crippen LogP contribution in [-0.4, -0.2) is 10.9 Å². The van der Waals surface area contributed by atoms with E-state index in [0.29, 0.717) is 11.3 Å². The Bertz CT molecular complexity index is 952. The maximum absolute atomic E-state index is 14.5. The van der Waals surface area contributed by atoms with Crippen molar-refractivity contribution in [1.82, 2.24) is 5.16 Å². The quantitative estimate of drug-likeness (QED) is 0.432. The van der Waals surface area contributed by atoms with Gasteiger partial charge < -0.3 is 4.52 Å². The second kappa shape index (κ2) is 7.03. The van der Waals surface area contributed by atoms with E-state index in [0.717, 1.165) is 23.8 Å². The first-order valence-electron chi connectivity index (χ1n) is 8.29. The summed E-state index contributed by atoms with van der Waals surface area (Å²) >= 11 is 1.35. The summed E-state index contributed by atoms with van der Waals surface area (Å²) < 4.78 is 33.5. The molecule has 132 valence electrons. The molecule has 1 aliphatic carbocycles. The standard InChI is InChI=1S/C20H15F2NO2S/c21-17-9-8-14(19(24)15-10-23-25-20(15)12-6-7-12)16(18(17)22)11-26-13-4-2-1-3-5-13/h1-5,8-10,12H,6-7,11H2. The Labute approximate surface area is 153 Å². The largest absolute Gasteiger partial charge is 0.360 e. The number of thioether (sulfide) groups is 1. The highest BCUT2D eigenvalue weighted by atomic mass is 32.2. The molecule has 0 unspecified atom stereocenters. The van der Waals surface area contributed by atoms with E-state index in [1.165, 1.54) is 24.0 Å². The van der Waals surface area contributed by atoms with Crippen molar-refractivity contribution in [2.75, 3.05) is 0 Å². The highest BCUT2D eigenvalue weighted by Gasteiger charge is 2.33. The molecule has 0 spiro atoms. The predicted molar refractivity (Wildman–Crippen MR) is 94.3 cm³/mol. The first kappa shape index (κ1) is 17.0. The number of halogens is 2. The molecule has 1 saturated carbocycles. The molecule has 6 heteroatoms. The minimum absolute atomic E-state index is 0.0619. The summed E-state index contributed by atoms with van der Waals surface area (Å²) in [7, 11) is 0. The average molecular weight is 371 g/mol. The molecule has 0 aliphatic heterocycles. The monoisotopic (exact) mass is 371 g/mol. The summed E-state index contributed by atoms with van der Waals surface area (Å²) in [6, 6.07) is 11.7. The second-order valence-electron chi connectivity index (χ2n) is 6.20. The van der Waals surface area contributed by atoms with Gasteiger partial charge in [0.1, 0.15) is 0 Å². The van der Waals surface area contributed by atoms with Gasteiger partial charge >= 0.3 is 0 Å². The molecule has 0 amide bonds. The Kier molecular flexibility index (Phi) is 4.59. The Hall–Kier alpha value is -2.47. The van der Waals surface area contributed by atoms with Gasteiger partial charge in [-0.1, -0.05) is 23.4 Å². The molecule has 26 heavy (non-hydrogen) atoms. The van der Waals surface area contributed by atoms with Gasteiger partial charge in [-0.05, 0) is 37.1 Å². The number of aromatic nitrogens is 1. The van der Waals surface area contributed by atoms with E-state index in [1.807, 2.05) is 30.3 Å². The minimum atomic E-state index is -0.983. The third-order valence-corrected chi connectivity index (χ3v) is 5.40. The number of ketones is 1. The van der Waals surface area contributed by atoms with Gasteiger partial charge in [-0.3, -0.25) is 4.79 Å². The number of carbonyl (C=O) groups excluding carboxylic acids is 1. The normalized spacial score (nSPS) is 13.8. The molecule has 0 bridgehead atoms. The van der Waals surface area contributed by atoms with Crippen molar-refractivity contribution in [1.29, 1.82) is 0 Å². The zero-order valence-corrected chi connectivity index (χ0v) is 14.6. The molecule has 0 atom stereocenters. The van der Waals surface area contributed by atoms with Crippen LogP contribution in [0.4, 0.5) is 8.78 Å². The molecule has 1 aliphatic rings. The molecular weight excluding hydrogens is 356 g/mol. The van der Waals surface area contributed by atoms with Crippen molar-refractivity contribution in [2.45, 2.75) is 29.4 Å². The van der Waals surface area contributed by atoms with Crippen LogP contribution in [0.3, 0.4) is 0 Å². The molecule has 2 aromatic carbocycles. The van der Waals surface area contributed by atoms with E-state index >= 15 is 0 Å². The summed E-state index contributed by atoms with van der Waals surface area (Å²) in [5.74, 6) is -1.43. The Morgan fingerprint density at radius 1 is 1.12 bits per heavy atom. The number of benzene rings is 2. The third kappa shape index (κ3) is 3.29. The maximum atomic E-state index is 14.5. The van der Waals surface area contributed by atoms with Gasteiger partial charge in [0.05, 0.1) is 11.8 Å². The first-order chi connectivity index (χ1) is 12.6. The number of hydrogen-bond acceptors (Lipinski definition) is 4. The van der Waals surface area contributed by atoms with Crippen LogP contribution >= 0.6 is 11.8 Å². The molecule has 1 aromatic heterocycles. The Morgan fingerprint density at radius 3 is 2.62 bits per heavy atom. The molecule has 0 radical (unpaired) electrons. The summed E-state index contributed by atoms with van der Waals surface area (Å²) in [5.41, 5.74) is 0.550. The SMILES string of the molecule is O=C(c1cnoc1C1CC1)c1ccc(F)c(F)c1CSc1ccccc1. The number of nitrogens with zero attached hydrogens (tertiary/aromatic N) is 1. The van der Waals surface area contributed by atoms with Crippen LogP contribution in [-0.2, 0) is 5.75 Å². The average Bonchev–Trinajstić information content (AvgIpc) is 3.39. The molecule has 1 fully saturated rings. The van der Waals surface area contributed by atoms with E-state index in [-0.39, 0.29) is 28.6 Å². The van der Waals surface area contributed by atoms with Crippen molar-refractivity contribution >= 4 is 17.5 Å².